The number of phenols is 1. The molecule has 4 rings (SSSR count). The molecule has 0 spiro atoms. The molecular weight excluding hydrogens is 352 g/mol. The van der Waals surface area contributed by atoms with E-state index in [-0.39, 0.29) is 23.5 Å². The lowest BCUT2D eigenvalue weighted by Gasteiger charge is -2.36. The number of hydrogen-bond donors (Lipinski definition) is 2. The average molecular weight is 380 g/mol. The highest BCUT2D eigenvalue weighted by Gasteiger charge is 2.34. The number of aryl methyl sites for hydroxylation is 3. The summed E-state index contributed by atoms with van der Waals surface area (Å²) in [4.78, 5) is 31.3. The Hall–Kier alpha value is -2.56. The van der Waals surface area contributed by atoms with Crippen LogP contribution in [0.2, 0.25) is 0 Å². The van der Waals surface area contributed by atoms with Crippen LogP contribution in [0.15, 0.2) is 24.3 Å². The van der Waals surface area contributed by atoms with Gasteiger partial charge in [-0.3, -0.25) is 9.59 Å². The van der Waals surface area contributed by atoms with Crippen LogP contribution < -0.4 is 0 Å². The van der Waals surface area contributed by atoms with E-state index in [2.05, 4.69) is 4.98 Å². The van der Waals surface area contributed by atoms with Crippen LogP contribution in [0.1, 0.15) is 76.2 Å². The minimum absolute atomic E-state index is 0.00542. The molecule has 1 aliphatic heterocycles. The Labute approximate surface area is 165 Å². The number of aromatic hydroxyl groups is 1. The van der Waals surface area contributed by atoms with Crippen molar-refractivity contribution in [3.05, 3.63) is 52.3 Å². The van der Waals surface area contributed by atoms with E-state index in [0.717, 1.165) is 68.4 Å². The normalized spacial score (nSPS) is 19.5. The van der Waals surface area contributed by atoms with Crippen LogP contribution in [-0.2, 0) is 12.8 Å². The van der Waals surface area contributed by atoms with Gasteiger partial charge in [-0.2, -0.15) is 0 Å². The molecule has 1 atom stereocenters. The second-order valence-corrected chi connectivity index (χ2v) is 8.11. The van der Waals surface area contributed by atoms with Gasteiger partial charge in [-0.05, 0) is 69.6 Å². The SMILES string of the molecule is Cc1[nH]c2c(c1C(=O)N1CCCC[C@@H]1CCc1cccc(O)c1)C(=O)CCC2. The van der Waals surface area contributed by atoms with E-state index in [1.54, 1.807) is 12.1 Å². The lowest BCUT2D eigenvalue weighted by atomic mass is 9.91. The number of ketones is 1. The molecule has 1 aliphatic carbocycles. The number of nitrogens with one attached hydrogen (secondary N) is 1. The van der Waals surface area contributed by atoms with Gasteiger partial charge in [0, 0.05) is 30.4 Å². The molecule has 1 amide bonds. The van der Waals surface area contributed by atoms with E-state index in [0.29, 0.717) is 17.5 Å². The Balaban J connectivity index is 1.55. The molecule has 148 valence electrons. The van der Waals surface area contributed by atoms with Crippen molar-refractivity contribution in [1.82, 2.24) is 9.88 Å². The van der Waals surface area contributed by atoms with Crippen molar-refractivity contribution in [2.24, 2.45) is 0 Å². The van der Waals surface area contributed by atoms with Gasteiger partial charge < -0.3 is 15.0 Å². The maximum atomic E-state index is 13.5. The fraction of sp³-hybridized carbons (Fsp3) is 0.478. The lowest BCUT2D eigenvalue weighted by molar-refractivity contribution is 0.0597. The van der Waals surface area contributed by atoms with Crippen molar-refractivity contribution in [1.29, 1.82) is 0 Å². The highest BCUT2D eigenvalue weighted by Crippen LogP contribution is 2.31. The molecule has 1 aromatic carbocycles. The van der Waals surface area contributed by atoms with Crippen LogP contribution in [0.25, 0.3) is 0 Å². The Morgan fingerprint density at radius 1 is 1.25 bits per heavy atom. The maximum absolute atomic E-state index is 13.5. The summed E-state index contributed by atoms with van der Waals surface area (Å²) in [6, 6.07) is 7.51. The van der Waals surface area contributed by atoms with Crippen LogP contribution in [0.4, 0.5) is 0 Å². The highest BCUT2D eigenvalue weighted by molar-refractivity contribution is 6.10. The number of carbonyl (C=O) groups is 2. The van der Waals surface area contributed by atoms with Crippen molar-refractivity contribution in [2.45, 2.75) is 64.3 Å². The van der Waals surface area contributed by atoms with Crippen molar-refractivity contribution in [3.8, 4) is 5.75 Å². The number of H-pyrrole nitrogens is 1. The van der Waals surface area contributed by atoms with Gasteiger partial charge >= 0.3 is 0 Å². The maximum Gasteiger partial charge on any atom is 0.256 e. The minimum atomic E-state index is 0.00542. The number of phenolic OH excluding ortho intramolecular Hbond substituents is 1. The number of Topliss-reactive ketones (excluding diaryl/α,β-unsaturated/α-hetero) is 1. The summed E-state index contributed by atoms with van der Waals surface area (Å²) in [6.07, 6.45) is 7.05. The van der Waals surface area contributed by atoms with Crippen LogP contribution in [0, 0.1) is 6.92 Å². The summed E-state index contributed by atoms with van der Waals surface area (Å²) >= 11 is 0. The van der Waals surface area contributed by atoms with Crippen molar-refractivity contribution in [2.75, 3.05) is 6.54 Å². The summed E-state index contributed by atoms with van der Waals surface area (Å²) in [5.41, 5.74) is 4.09. The van der Waals surface area contributed by atoms with Crippen LogP contribution in [0.5, 0.6) is 5.75 Å². The Bertz CT molecular complexity index is 899. The number of piperidine rings is 1. The Kier molecular flexibility index (Phi) is 5.25. The predicted octanol–water partition coefficient (Wildman–Crippen LogP) is 4.18. The van der Waals surface area contributed by atoms with Gasteiger partial charge in [0.05, 0.1) is 11.1 Å². The van der Waals surface area contributed by atoms with Gasteiger partial charge in [0.25, 0.3) is 5.91 Å². The number of carbonyl (C=O) groups excluding carboxylic acids is 2. The molecular formula is C23H28N2O3. The number of nitrogens with zero attached hydrogens (tertiary/aromatic N) is 1. The molecule has 0 unspecified atom stereocenters. The number of aromatic nitrogens is 1. The lowest BCUT2D eigenvalue weighted by Crippen LogP contribution is -2.44. The second-order valence-electron chi connectivity index (χ2n) is 8.11. The summed E-state index contributed by atoms with van der Waals surface area (Å²) in [5.74, 6) is 0.385. The monoisotopic (exact) mass is 380 g/mol. The van der Waals surface area contributed by atoms with Crippen LogP contribution >= 0.6 is 0 Å². The third kappa shape index (κ3) is 3.58. The number of benzene rings is 1. The van der Waals surface area contributed by atoms with Gasteiger partial charge in [-0.15, -0.1) is 0 Å². The zero-order chi connectivity index (χ0) is 19.7. The first kappa shape index (κ1) is 18.8. The number of rotatable bonds is 4. The molecule has 0 radical (unpaired) electrons. The summed E-state index contributed by atoms with van der Waals surface area (Å²) in [6.45, 7) is 2.65. The molecule has 5 nitrogen and oxygen atoms in total. The van der Waals surface area contributed by atoms with E-state index in [4.69, 9.17) is 0 Å². The second kappa shape index (κ2) is 7.82. The zero-order valence-corrected chi connectivity index (χ0v) is 16.5. The number of likely N-dealkylation sites (tertiary alicyclic amines) is 1. The molecule has 5 heteroatoms. The molecule has 1 aromatic heterocycles. The first-order valence-corrected chi connectivity index (χ1v) is 10.4. The smallest absolute Gasteiger partial charge is 0.256 e. The molecule has 0 bridgehead atoms. The standard InChI is InChI=1S/C23H28N2O3/c1-15-21(22-19(24-15)9-5-10-20(22)27)23(28)25-13-3-2-7-17(25)12-11-16-6-4-8-18(26)14-16/h4,6,8,14,17,24,26H,2-3,5,7,9-13H2,1H3/t17-/m1/s1. The summed E-state index contributed by atoms with van der Waals surface area (Å²) < 4.78 is 0. The van der Waals surface area contributed by atoms with Crippen molar-refractivity contribution < 1.29 is 14.7 Å². The first-order chi connectivity index (χ1) is 13.5. The average Bonchev–Trinajstić information content (AvgIpc) is 3.03. The van der Waals surface area contributed by atoms with E-state index >= 15 is 0 Å². The molecule has 1 fully saturated rings. The van der Waals surface area contributed by atoms with Gasteiger partial charge in [-0.1, -0.05) is 12.1 Å². The van der Waals surface area contributed by atoms with Crippen LogP contribution in [-0.4, -0.2) is 39.3 Å². The van der Waals surface area contributed by atoms with Crippen molar-refractivity contribution in [3.63, 3.8) is 0 Å². The Morgan fingerprint density at radius 3 is 2.93 bits per heavy atom. The topological polar surface area (TPSA) is 73.4 Å². The molecule has 0 saturated carbocycles. The van der Waals surface area contributed by atoms with Gasteiger partial charge in [-0.25, -0.2) is 0 Å². The molecule has 2 heterocycles. The van der Waals surface area contributed by atoms with E-state index < -0.39 is 0 Å². The number of aromatic amines is 1. The van der Waals surface area contributed by atoms with E-state index in [9.17, 15) is 14.7 Å². The van der Waals surface area contributed by atoms with Gasteiger partial charge in [0.2, 0.25) is 0 Å². The number of amides is 1. The molecule has 1 saturated heterocycles. The molecule has 2 N–H and O–H groups in total. The first-order valence-electron chi connectivity index (χ1n) is 10.4. The zero-order valence-electron chi connectivity index (χ0n) is 16.5. The van der Waals surface area contributed by atoms with Crippen LogP contribution in [0.3, 0.4) is 0 Å². The van der Waals surface area contributed by atoms with E-state index in [1.807, 2.05) is 24.0 Å². The third-order valence-electron chi connectivity index (χ3n) is 6.15. The predicted molar refractivity (Wildman–Crippen MR) is 108 cm³/mol. The molecule has 2 aromatic rings. The highest BCUT2D eigenvalue weighted by atomic mass is 16.3. The quantitative estimate of drug-likeness (QED) is 0.836. The summed E-state index contributed by atoms with van der Waals surface area (Å²) in [5, 5.41) is 9.68. The number of hydrogen-bond acceptors (Lipinski definition) is 3. The largest absolute Gasteiger partial charge is 0.508 e. The fourth-order valence-electron chi connectivity index (χ4n) is 4.76. The minimum Gasteiger partial charge on any atom is -0.508 e. The number of fused-ring (bicyclic) bond motifs is 1. The molecule has 28 heavy (non-hydrogen) atoms. The Morgan fingerprint density at radius 2 is 2.11 bits per heavy atom. The summed E-state index contributed by atoms with van der Waals surface area (Å²) in [7, 11) is 0. The van der Waals surface area contributed by atoms with Gasteiger partial charge in [0.1, 0.15) is 5.75 Å². The fourth-order valence-corrected chi connectivity index (χ4v) is 4.76. The van der Waals surface area contributed by atoms with Gasteiger partial charge in [0.15, 0.2) is 5.78 Å². The third-order valence-corrected chi connectivity index (χ3v) is 6.15. The molecule has 2 aliphatic rings. The van der Waals surface area contributed by atoms with E-state index in [1.165, 1.54) is 0 Å². The van der Waals surface area contributed by atoms with Crippen molar-refractivity contribution >= 4 is 11.7 Å².